The Hall–Kier alpha value is -1.33. The quantitative estimate of drug-likeness (QED) is 0.920. The molecule has 0 unspecified atom stereocenters. The number of benzene rings is 1. The summed E-state index contributed by atoms with van der Waals surface area (Å²) in [5.41, 5.74) is 6.96. The van der Waals surface area contributed by atoms with Crippen molar-refractivity contribution in [1.29, 1.82) is 0 Å². The number of nitrogens with zero attached hydrogens (tertiary/aromatic N) is 2. The molecular formula is C14H18BrN3O. The Bertz CT molecular complexity index is 551. The second kappa shape index (κ2) is 6.21. The molecule has 0 aliphatic carbocycles. The minimum Gasteiger partial charge on any atom is -0.493 e. The fraction of sp³-hybridized carbons (Fsp3) is 0.357. The summed E-state index contributed by atoms with van der Waals surface area (Å²) in [6.07, 6.45) is 4.50. The zero-order valence-electron chi connectivity index (χ0n) is 11.1. The van der Waals surface area contributed by atoms with Gasteiger partial charge in [0.05, 0.1) is 6.61 Å². The zero-order valence-corrected chi connectivity index (χ0v) is 12.7. The monoisotopic (exact) mass is 323 g/mol. The number of aryl methyl sites for hydroxylation is 1. The zero-order chi connectivity index (χ0) is 13.8. The van der Waals surface area contributed by atoms with Gasteiger partial charge in [-0.15, -0.1) is 0 Å². The van der Waals surface area contributed by atoms with Crippen LogP contribution in [0.1, 0.15) is 24.4 Å². The largest absolute Gasteiger partial charge is 0.493 e. The van der Waals surface area contributed by atoms with E-state index in [1.807, 2.05) is 42.9 Å². The van der Waals surface area contributed by atoms with E-state index in [4.69, 9.17) is 10.5 Å². The van der Waals surface area contributed by atoms with Gasteiger partial charge in [-0.25, -0.2) is 4.98 Å². The number of halogens is 1. The molecular weight excluding hydrogens is 306 g/mol. The second-order valence-corrected chi connectivity index (χ2v) is 5.44. The van der Waals surface area contributed by atoms with Gasteiger partial charge in [-0.3, -0.25) is 0 Å². The molecule has 102 valence electrons. The van der Waals surface area contributed by atoms with Crippen molar-refractivity contribution >= 4 is 15.9 Å². The van der Waals surface area contributed by atoms with Crippen molar-refractivity contribution in [3.63, 3.8) is 0 Å². The third-order valence-corrected chi connectivity index (χ3v) is 3.46. The predicted octanol–water partition coefficient (Wildman–Crippen LogP) is 2.82. The average Bonchev–Trinajstić information content (AvgIpc) is 2.75. The maximum absolute atomic E-state index is 5.94. The maximum atomic E-state index is 5.94. The minimum absolute atomic E-state index is 0.0451. The number of ether oxygens (including phenoxy) is 1. The van der Waals surface area contributed by atoms with Gasteiger partial charge in [0.25, 0.3) is 0 Å². The molecule has 2 N–H and O–H groups in total. The topological polar surface area (TPSA) is 53.1 Å². The van der Waals surface area contributed by atoms with Crippen LogP contribution in [0.2, 0.25) is 0 Å². The van der Waals surface area contributed by atoms with Crippen molar-refractivity contribution in [2.45, 2.75) is 19.4 Å². The Labute approximate surface area is 121 Å². The molecule has 4 nitrogen and oxygen atoms in total. The fourth-order valence-electron chi connectivity index (χ4n) is 1.90. The van der Waals surface area contributed by atoms with E-state index in [-0.39, 0.29) is 6.04 Å². The highest BCUT2D eigenvalue weighted by Gasteiger charge is 2.09. The average molecular weight is 324 g/mol. The molecule has 1 aromatic carbocycles. The standard InChI is InChI=1S/C14H18BrN3O/c1-10(16)12-4-3-11(15)9-13(12)19-8-5-14-17-6-7-18(14)2/h3-4,6-7,9-10H,5,8,16H2,1-2H3/t10-/m1/s1. The van der Waals surface area contributed by atoms with Gasteiger partial charge in [-0.1, -0.05) is 22.0 Å². The van der Waals surface area contributed by atoms with Crippen LogP contribution in [0.15, 0.2) is 35.1 Å². The van der Waals surface area contributed by atoms with Gasteiger partial charge in [0.1, 0.15) is 11.6 Å². The lowest BCUT2D eigenvalue weighted by molar-refractivity contribution is 0.312. The fourth-order valence-corrected chi connectivity index (χ4v) is 2.24. The summed E-state index contributed by atoms with van der Waals surface area (Å²) in [7, 11) is 1.98. The second-order valence-electron chi connectivity index (χ2n) is 4.52. The summed E-state index contributed by atoms with van der Waals surface area (Å²) in [4.78, 5) is 4.27. The van der Waals surface area contributed by atoms with Crippen molar-refractivity contribution in [3.05, 3.63) is 46.5 Å². The first kappa shape index (κ1) is 14.1. The smallest absolute Gasteiger partial charge is 0.125 e. The predicted molar refractivity (Wildman–Crippen MR) is 79.2 cm³/mol. The van der Waals surface area contributed by atoms with Crippen LogP contribution >= 0.6 is 15.9 Å². The van der Waals surface area contributed by atoms with Crippen LogP contribution in [0.3, 0.4) is 0 Å². The normalized spacial score (nSPS) is 12.4. The van der Waals surface area contributed by atoms with Gasteiger partial charge in [-0.2, -0.15) is 0 Å². The molecule has 0 spiro atoms. The van der Waals surface area contributed by atoms with Crippen LogP contribution in [0.25, 0.3) is 0 Å². The first-order chi connectivity index (χ1) is 9.08. The Balaban J connectivity index is 2.03. The van der Waals surface area contributed by atoms with Crippen LogP contribution in [0, 0.1) is 0 Å². The Morgan fingerprint density at radius 1 is 1.47 bits per heavy atom. The van der Waals surface area contributed by atoms with E-state index in [1.54, 1.807) is 6.20 Å². The van der Waals surface area contributed by atoms with Crippen molar-refractivity contribution in [3.8, 4) is 5.75 Å². The summed E-state index contributed by atoms with van der Waals surface area (Å²) in [6.45, 7) is 2.54. The van der Waals surface area contributed by atoms with Gasteiger partial charge in [0, 0.05) is 41.9 Å². The summed E-state index contributed by atoms with van der Waals surface area (Å²) >= 11 is 3.45. The van der Waals surface area contributed by atoms with E-state index in [2.05, 4.69) is 20.9 Å². The highest BCUT2D eigenvalue weighted by Crippen LogP contribution is 2.27. The number of nitrogens with two attached hydrogens (primary N) is 1. The molecule has 5 heteroatoms. The Morgan fingerprint density at radius 3 is 2.89 bits per heavy atom. The molecule has 1 aromatic heterocycles. The Morgan fingerprint density at radius 2 is 2.26 bits per heavy atom. The highest BCUT2D eigenvalue weighted by atomic mass is 79.9. The molecule has 0 bridgehead atoms. The molecule has 1 atom stereocenters. The number of hydrogen-bond acceptors (Lipinski definition) is 3. The lowest BCUT2D eigenvalue weighted by Gasteiger charge is -2.14. The third-order valence-electron chi connectivity index (χ3n) is 2.97. The highest BCUT2D eigenvalue weighted by molar-refractivity contribution is 9.10. The van der Waals surface area contributed by atoms with Crippen LogP contribution in [-0.4, -0.2) is 16.2 Å². The van der Waals surface area contributed by atoms with Gasteiger partial charge in [0.15, 0.2) is 0 Å². The molecule has 0 saturated carbocycles. The lowest BCUT2D eigenvalue weighted by Crippen LogP contribution is -2.11. The van der Waals surface area contributed by atoms with Crippen LogP contribution in [0.5, 0.6) is 5.75 Å². The molecule has 2 aromatic rings. The molecule has 0 aliphatic heterocycles. The van der Waals surface area contributed by atoms with Gasteiger partial charge in [-0.05, 0) is 19.1 Å². The van der Waals surface area contributed by atoms with Gasteiger partial charge in [0.2, 0.25) is 0 Å². The molecule has 0 aliphatic rings. The maximum Gasteiger partial charge on any atom is 0.125 e. The van der Waals surface area contributed by atoms with Gasteiger partial charge < -0.3 is 15.0 Å². The molecule has 2 rings (SSSR count). The van der Waals surface area contributed by atoms with Crippen molar-refractivity contribution in [2.24, 2.45) is 12.8 Å². The molecule has 19 heavy (non-hydrogen) atoms. The van der Waals surface area contributed by atoms with E-state index < -0.39 is 0 Å². The molecule has 0 radical (unpaired) electrons. The number of hydrogen-bond donors (Lipinski definition) is 1. The Kier molecular flexibility index (Phi) is 4.61. The van der Waals surface area contributed by atoms with E-state index in [9.17, 15) is 0 Å². The van der Waals surface area contributed by atoms with Crippen molar-refractivity contribution in [2.75, 3.05) is 6.61 Å². The first-order valence-electron chi connectivity index (χ1n) is 6.22. The van der Waals surface area contributed by atoms with E-state index in [0.29, 0.717) is 6.61 Å². The first-order valence-corrected chi connectivity index (χ1v) is 7.01. The summed E-state index contributed by atoms with van der Waals surface area (Å²) in [6, 6.07) is 5.88. The van der Waals surface area contributed by atoms with Crippen LogP contribution < -0.4 is 10.5 Å². The van der Waals surface area contributed by atoms with Crippen LogP contribution in [-0.2, 0) is 13.5 Å². The number of imidazole rings is 1. The molecule has 0 saturated heterocycles. The number of rotatable bonds is 5. The molecule has 1 heterocycles. The summed E-state index contributed by atoms with van der Waals surface area (Å²) < 4.78 is 8.83. The van der Waals surface area contributed by atoms with E-state index in [1.165, 1.54) is 0 Å². The van der Waals surface area contributed by atoms with E-state index in [0.717, 1.165) is 28.0 Å². The van der Waals surface area contributed by atoms with Gasteiger partial charge >= 0.3 is 0 Å². The molecule has 0 amide bonds. The third kappa shape index (κ3) is 3.58. The van der Waals surface area contributed by atoms with Crippen LogP contribution in [0.4, 0.5) is 0 Å². The number of aromatic nitrogens is 2. The summed E-state index contributed by atoms with van der Waals surface area (Å²) in [5, 5.41) is 0. The lowest BCUT2D eigenvalue weighted by atomic mass is 10.1. The van der Waals surface area contributed by atoms with Crippen molar-refractivity contribution < 1.29 is 4.74 Å². The SMILES string of the molecule is C[C@@H](N)c1ccc(Br)cc1OCCc1nccn1C. The summed E-state index contributed by atoms with van der Waals surface area (Å²) in [5.74, 6) is 1.84. The molecule has 0 fully saturated rings. The minimum atomic E-state index is -0.0451. The van der Waals surface area contributed by atoms with Crippen molar-refractivity contribution in [1.82, 2.24) is 9.55 Å². The van der Waals surface area contributed by atoms with E-state index >= 15 is 0 Å².